The highest BCUT2D eigenvalue weighted by Crippen LogP contribution is 2.11. The molecule has 102 valence electrons. The maximum atomic E-state index is 5.87. The van der Waals surface area contributed by atoms with Gasteiger partial charge in [-0.3, -0.25) is 0 Å². The van der Waals surface area contributed by atoms with Gasteiger partial charge >= 0.3 is 8.80 Å². The molecule has 0 N–H and O–H groups in total. The van der Waals surface area contributed by atoms with E-state index in [-0.39, 0.29) is 0 Å². The zero-order chi connectivity index (χ0) is 12.6. The fourth-order valence-corrected chi connectivity index (χ4v) is 3.95. The van der Waals surface area contributed by atoms with Crippen LogP contribution in [-0.4, -0.2) is 53.2 Å². The van der Waals surface area contributed by atoms with Gasteiger partial charge < -0.3 is 18.2 Å². The summed E-state index contributed by atoms with van der Waals surface area (Å²) in [5.41, 5.74) is 0. The first-order valence-electron chi connectivity index (χ1n) is 6.84. The molecular weight excluding hydrogens is 234 g/mol. The molecule has 0 aromatic carbocycles. The maximum Gasteiger partial charge on any atom is 0.497 e. The van der Waals surface area contributed by atoms with E-state index in [1.54, 1.807) is 0 Å². The number of hydrogen-bond donors (Lipinski definition) is 0. The van der Waals surface area contributed by atoms with E-state index in [1.165, 1.54) is 32.4 Å². The maximum absolute atomic E-state index is 5.87. The van der Waals surface area contributed by atoms with Crippen molar-refractivity contribution in [3.63, 3.8) is 0 Å². The van der Waals surface area contributed by atoms with Crippen molar-refractivity contribution in [3.05, 3.63) is 0 Å². The Labute approximate surface area is 107 Å². The van der Waals surface area contributed by atoms with Crippen LogP contribution in [0.15, 0.2) is 0 Å². The summed E-state index contributed by atoms with van der Waals surface area (Å²) in [5, 5.41) is 0. The van der Waals surface area contributed by atoms with Crippen LogP contribution in [0.3, 0.4) is 0 Å². The molecule has 1 heterocycles. The third-order valence-corrected chi connectivity index (χ3v) is 5.39. The second-order valence-electron chi connectivity index (χ2n) is 4.48. The van der Waals surface area contributed by atoms with Gasteiger partial charge in [0.05, 0.1) is 6.61 Å². The molecule has 0 unspecified atom stereocenters. The van der Waals surface area contributed by atoms with Crippen LogP contribution >= 0.6 is 0 Å². The van der Waals surface area contributed by atoms with E-state index in [4.69, 9.17) is 13.3 Å². The summed E-state index contributed by atoms with van der Waals surface area (Å²) in [7, 11) is -2.36. The van der Waals surface area contributed by atoms with Gasteiger partial charge in [0.2, 0.25) is 0 Å². The number of piperidine rings is 1. The Hall–Kier alpha value is 0.0569. The van der Waals surface area contributed by atoms with Crippen LogP contribution in [0, 0.1) is 0 Å². The summed E-state index contributed by atoms with van der Waals surface area (Å²) in [5.74, 6) is 0. The van der Waals surface area contributed by atoms with Crippen LogP contribution in [0.2, 0.25) is 6.55 Å². The second kappa shape index (κ2) is 8.21. The molecule has 0 amide bonds. The highest BCUT2D eigenvalue weighted by atomic mass is 28.4. The van der Waals surface area contributed by atoms with Crippen LogP contribution < -0.4 is 0 Å². The minimum Gasteiger partial charge on any atom is -0.374 e. The molecule has 0 saturated carbocycles. The molecule has 0 aliphatic carbocycles. The van der Waals surface area contributed by atoms with Gasteiger partial charge in [-0.1, -0.05) is 6.42 Å². The predicted molar refractivity (Wildman–Crippen MR) is 71.1 cm³/mol. The Balaban J connectivity index is 2.21. The van der Waals surface area contributed by atoms with Crippen molar-refractivity contribution in [2.24, 2.45) is 0 Å². The topological polar surface area (TPSA) is 30.9 Å². The summed E-state index contributed by atoms with van der Waals surface area (Å²) < 4.78 is 17.1. The van der Waals surface area contributed by atoms with Crippen molar-refractivity contribution in [1.29, 1.82) is 0 Å². The third kappa shape index (κ3) is 5.97. The quantitative estimate of drug-likeness (QED) is 0.626. The largest absolute Gasteiger partial charge is 0.497 e. The first kappa shape index (κ1) is 15.1. The van der Waals surface area contributed by atoms with Crippen molar-refractivity contribution in [3.8, 4) is 0 Å². The van der Waals surface area contributed by atoms with E-state index in [2.05, 4.69) is 4.90 Å². The average Bonchev–Trinajstić information content (AvgIpc) is 2.31. The van der Waals surface area contributed by atoms with E-state index in [0.29, 0.717) is 13.2 Å². The molecule has 0 bridgehead atoms. The highest BCUT2D eigenvalue weighted by molar-refractivity contribution is 6.59. The molecule has 0 aromatic heterocycles. The molecule has 1 aliphatic rings. The Bertz CT molecular complexity index is 192. The molecule has 0 aromatic rings. The zero-order valence-electron chi connectivity index (χ0n) is 11.5. The van der Waals surface area contributed by atoms with Gasteiger partial charge in [-0.15, -0.1) is 0 Å². The average molecular weight is 261 g/mol. The fourth-order valence-electron chi connectivity index (χ4n) is 2.19. The van der Waals surface area contributed by atoms with E-state index in [0.717, 1.165) is 13.2 Å². The van der Waals surface area contributed by atoms with Gasteiger partial charge in [-0.05, 0) is 39.8 Å². The molecule has 0 radical (unpaired) electrons. The molecule has 0 spiro atoms. The summed E-state index contributed by atoms with van der Waals surface area (Å²) in [4.78, 5) is 2.47. The van der Waals surface area contributed by atoms with Crippen LogP contribution in [-0.2, 0) is 13.3 Å². The Morgan fingerprint density at radius 1 is 0.941 bits per heavy atom. The molecule has 4 nitrogen and oxygen atoms in total. The van der Waals surface area contributed by atoms with Crippen molar-refractivity contribution < 1.29 is 13.3 Å². The van der Waals surface area contributed by atoms with Crippen molar-refractivity contribution in [2.45, 2.75) is 39.7 Å². The summed E-state index contributed by atoms with van der Waals surface area (Å²) in [6, 6.07) is 0. The normalized spacial score (nSPS) is 18.5. The first-order chi connectivity index (χ1) is 8.20. The van der Waals surface area contributed by atoms with E-state index in [1.807, 2.05) is 20.4 Å². The van der Waals surface area contributed by atoms with Gasteiger partial charge in [0.15, 0.2) is 0 Å². The van der Waals surface area contributed by atoms with Crippen molar-refractivity contribution >= 4 is 8.80 Å². The minimum absolute atomic E-state index is 0.659. The summed E-state index contributed by atoms with van der Waals surface area (Å²) >= 11 is 0. The smallest absolute Gasteiger partial charge is 0.374 e. The number of nitrogens with zero attached hydrogens (tertiary/aromatic N) is 1. The molecular formula is C12H27NO3Si. The lowest BCUT2D eigenvalue weighted by Crippen LogP contribution is -2.44. The SMILES string of the molecule is CCO[Si](C)(OCC)OCCN1CCCCC1. The van der Waals surface area contributed by atoms with Crippen LogP contribution in [0.25, 0.3) is 0 Å². The lowest BCUT2D eigenvalue weighted by molar-refractivity contribution is 0.0624. The Morgan fingerprint density at radius 2 is 1.53 bits per heavy atom. The lowest BCUT2D eigenvalue weighted by atomic mass is 10.1. The molecule has 5 heteroatoms. The molecule has 1 fully saturated rings. The van der Waals surface area contributed by atoms with Gasteiger partial charge in [0.1, 0.15) is 0 Å². The molecule has 1 rings (SSSR count). The third-order valence-electron chi connectivity index (χ3n) is 3.03. The molecule has 1 aliphatic heterocycles. The van der Waals surface area contributed by atoms with Crippen molar-refractivity contribution in [2.75, 3.05) is 39.5 Å². The standard InChI is InChI=1S/C12H27NO3Si/c1-4-14-17(3,15-5-2)16-12-11-13-9-7-6-8-10-13/h4-12H2,1-3H3. The van der Waals surface area contributed by atoms with E-state index >= 15 is 0 Å². The minimum atomic E-state index is -2.36. The van der Waals surface area contributed by atoms with E-state index < -0.39 is 8.80 Å². The highest BCUT2D eigenvalue weighted by Gasteiger charge is 2.33. The number of likely N-dealkylation sites (tertiary alicyclic amines) is 1. The van der Waals surface area contributed by atoms with Crippen LogP contribution in [0.1, 0.15) is 33.1 Å². The van der Waals surface area contributed by atoms with Gasteiger partial charge in [-0.25, -0.2) is 0 Å². The van der Waals surface area contributed by atoms with Crippen LogP contribution in [0.4, 0.5) is 0 Å². The lowest BCUT2D eigenvalue weighted by Gasteiger charge is -2.29. The van der Waals surface area contributed by atoms with Gasteiger partial charge in [0.25, 0.3) is 0 Å². The van der Waals surface area contributed by atoms with Crippen molar-refractivity contribution in [1.82, 2.24) is 4.90 Å². The molecule has 0 atom stereocenters. The van der Waals surface area contributed by atoms with E-state index in [9.17, 15) is 0 Å². The summed E-state index contributed by atoms with van der Waals surface area (Å²) in [6.07, 6.45) is 4.03. The fraction of sp³-hybridized carbons (Fsp3) is 1.00. The second-order valence-corrected chi connectivity index (χ2v) is 7.07. The monoisotopic (exact) mass is 261 g/mol. The molecule has 1 saturated heterocycles. The predicted octanol–water partition coefficient (Wildman–Crippen LogP) is 2.13. The van der Waals surface area contributed by atoms with Crippen LogP contribution in [0.5, 0.6) is 0 Å². The Morgan fingerprint density at radius 3 is 2.06 bits per heavy atom. The Kier molecular flexibility index (Phi) is 7.30. The van der Waals surface area contributed by atoms with Gasteiger partial charge in [-0.2, -0.15) is 0 Å². The summed E-state index contributed by atoms with van der Waals surface area (Å²) in [6.45, 7) is 11.4. The number of hydrogen-bond acceptors (Lipinski definition) is 4. The molecule has 17 heavy (non-hydrogen) atoms. The zero-order valence-corrected chi connectivity index (χ0v) is 12.5. The first-order valence-corrected chi connectivity index (χ1v) is 9.07. The number of rotatable bonds is 8. The van der Waals surface area contributed by atoms with Gasteiger partial charge in [0, 0.05) is 26.3 Å².